The summed E-state index contributed by atoms with van der Waals surface area (Å²) in [5.74, 6) is -1.59. The fourth-order valence-electron chi connectivity index (χ4n) is 3.30. The van der Waals surface area contributed by atoms with E-state index in [-0.39, 0.29) is 12.2 Å². The lowest BCUT2D eigenvalue weighted by molar-refractivity contribution is -0.138. The summed E-state index contributed by atoms with van der Waals surface area (Å²) in [7, 11) is 0. The van der Waals surface area contributed by atoms with Crippen LogP contribution in [-0.2, 0) is 6.18 Å². The van der Waals surface area contributed by atoms with E-state index in [2.05, 4.69) is 0 Å². The summed E-state index contributed by atoms with van der Waals surface area (Å²) in [6.07, 6.45) is -4.38. The fourth-order valence-corrected chi connectivity index (χ4v) is 3.30. The molecule has 0 fully saturated rings. The average Bonchev–Trinajstić information content (AvgIpc) is 2.53. The number of carboxylic acids is 1. The molecule has 1 N–H and O–H groups in total. The first-order valence-corrected chi connectivity index (χ1v) is 7.46. The molecule has 1 unspecified atom stereocenters. The molecule has 3 rings (SSSR count). The lowest BCUT2D eigenvalue weighted by atomic mass is 9.80. The summed E-state index contributed by atoms with van der Waals surface area (Å²) in [6.45, 7) is 1.87. The number of hydrogen-bond acceptors (Lipinski definition) is 2. The van der Waals surface area contributed by atoms with Gasteiger partial charge in [0.15, 0.2) is 0 Å². The third-order valence-electron chi connectivity index (χ3n) is 4.28. The van der Waals surface area contributed by atoms with Gasteiger partial charge in [0.25, 0.3) is 0 Å². The van der Waals surface area contributed by atoms with Crippen molar-refractivity contribution < 1.29 is 27.8 Å². The maximum Gasteiger partial charge on any atom is 0.417 e. The highest BCUT2D eigenvalue weighted by molar-refractivity contribution is 5.90. The molecule has 1 aliphatic rings. The smallest absolute Gasteiger partial charge is 0.417 e. The molecule has 3 nitrogen and oxygen atoms in total. The number of ether oxygens (including phenoxy) is 1. The van der Waals surface area contributed by atoms with Crippen molar-refractivity contribution in [1.82, 2.24) is 0 Å². The van der Waals surface area contributed by atoms with E-state index in [4.69, 9.17) is 4.74 Å². The number of hydrogen-bond donors (Lipinski definition) is 1. The zero-order valence-electron chi connectivity index (χ0n) is 12.9. The van der Waals surface area contributed by atoms with E-state index >= 15 is 0 Å². The average molecular weight is 336 g/mol. The van der Waals surface area contributed by atoms with Crippen molar-refractivity contribution in [2.24, 2.45) is 0 Å². The number of para-hydroxylation sites is 1. The molecule has 0 spiro atoms. The van der Waals surface area contributed by atoms with Gasteiger partial charge in [0.1, 0.15) is 5.75 Å². The zero-order valence-corrected chi connectivity index (χ0v) is 12.9. The van der Waals surface area contributed by atoms with Crippen LogP contribution in [-0.4, -0.2) is 17.7 Å². The quantitative estimate of drug-likeness (QED) is 0.870. The number of benzene rings is 2. The minimum absolute atomic E-state index is 0.0261. The largest absolute Gasteiger partial charge is 0.493 e. The van der Waals surface area contributed by atoms with Crippen molar-refractivity contribution in [3.05, 3.63) is 64.2 Å². The molecule has 2 aromatic rings. The molecular formula is C18H15F3O3. The van der Waals surface area contributed by atoms with Crippen molar-refractivity contribution in [3.63, 3.8) is 0 Å². The number of alkyl halides is 3. The maximum absolute atomic E-state index is 13.7. The van der Waals surface area contributed by atoms with Gasteiger partial charge in [-0.2, -0.15) is 13.2 Å². The van der Waals surface area contributed by atoms with Gasteiger partial charge < -0.3 is 9.84 Å². The van der Waals surface area contributed by atoms with Gasteiger partial charge >= 0.3 is 12.1 Å². The molecule has 0 aliphatic carbocycles. The van der Waals surface area contributed by atoms with Crippen LogP contribution in [0.3, 0.4) is 0 Å². The molecule has 0 radical (unpaired) electrons. The minimum Gasteiger partial charge on any atom is -0.493 e. The zero-order chi connectivity index (χ0) is 17.5. The Morgan fingerprint density at radius 3 is 2.58 bits per heavy atom. The van der Waals surface area contributed by atoms with E-state index in [0.29, 0.717) is 23.3 Å². The lowest BCUT2D eigenvalue weighted by Crippen LogP contribution is -2.23. The third kappa shape index (κ3) is 2.72. The van der Waals surface area contributed by atoms with Gasteiger partial charge in [-0.25, -0.2) is 4.79 Å². The summed E-state index contributed by atoms with van der Waals surface area (Å²) < 4.78 is 46.6. The normalized spacial score (nSPS) is 17.1. The number of carbonyl (C=O) groups is 1. The highest BCUT2D eigenvalue weighted by atomic mass is 19.4. The van der Waals surface area contributed by atoms with Crippen molar-refractivity contribution in [2.45, 2.75) is 25.4 Å². The SMILES string of the molecule is Cc1ccc(C(=O)O)c(C(F)(F)F)c1C1CCOc2ccccc21. The van der Waals surface area contributed by atoms with Gasteiger partial charge in [-0.05, 0) is 36.6 Å². The van der Waals surface area contributed by atoms with Crippen LogP contribution in [0.5, 0.6) is 5.75 Å². The van der Waals surface area contributed by atoms with E-state index in [1.54, 1.807) is 31.2 Å². The Morgan fingerprint density at radius 2 is 1.92 bits per heavy atom. The first-order valence-electron chi connectivity index (χ1n) is 7.46. The minimum atomic E-state index is -4.75. The van der Waals surface area contributed by atoms with Crippen LogP contribution in [0.2, 0.25) is 0 Å². The third-order valence-corrected chi connectivity index (χ3v) is 4.28. The van der Waals surface area contributed by atoms with Gasteiger partial charge in [-0.3, -0.25) is 0 Å². The molecule has 0 aromatic heterocycles. The molecule has 6 heteroatoms. The Bertz CT molecular complexity index is 797. The summed E-state index contributed by atoms with van der Waals surface area (Å²) in [5, 5.41) is 9.21. The summed E-state index contributed by atoms with van der Waals surface area (Å²) in [5.41, 5.74) is -0.671. The number of fused-ring (bicyclic) bond motifs is 1. The van der Waals surface area contributed by atoms with Crippen LogP contribution in [0.1, 0.15) is 45.0 Å². The van der Waals surface area contributed by atoms with Crippen LogP contribution in [0, 0.1) is 6.92 Å². The van der Waals surface area contributed by atoms with E-state index in [1.807, 2.05) is 0 Å². The lowest BCUT2D eigenvalue weighted by Gasteiger charge is -2.30. The summed E-state index contributed by atoms with van der Waals surface area (Å²) >= 11 is 0. The molecular weight excluding hydrogens is 321 g/mol. The number of halogens is 3. The molecule has 0 saturated carbocycles. The molecule has 1 heterocycles. The Labute approximate surface area is 136 Å². The van der Waals surface area contributed by atoms with Crippen LogP contribution < -0.4 is 4.74 Å². The summed E-state index contributed by atoms with van der Waals surface area (Å²) in [6, 6.07) is 9.40. The second-order valence-corrected chi connectivity index (χ2v) is 5.75. The first-order chi connectivity index (χ1) is 11.3. The van der Waals surface area contributed by atoms with Gasteiger partial charge in [0, 0.05) is 11.5 Å². The summed E-state index contributed by atoms with van der Waals surface area (Å²) in [4.78, 5) is 11.3. The highest BCUT2D eigenvalue weighted by Crippen LogP contribution is 2.45. The maximum atomic E-state index is 13.7. The second kappa shape index (κ2) is 5.85. The number of aryl methyl sites for hydroxylation is 1. The van der Waals surface area contributed by atoms with Gasteiger partial charge in [0.2, 0.25) is 0 Å². The number of rotatable bonds is 2. The predicted octanol–water partition coefficient (Wildman–Crippen LogP) is 4.63. The molecule has 0 amide bonds. The fraction of sp³-hybridized carbons (Fsp3) is 0.278. The highest BCUT2D eigenvalue weighted by Gasteiger charge is 2.41. The Morgan fingerprint density at radius 1 is 1.21 bits per heavy atom. The number of carboxylic acid groups (broad SMARTS) is 1. The van der Waals surface area contributed by atoms with Crippen molar-refractivity contribution in [2.75, 3.05) is 6.61 Å². The molecule has 1 aliphatic heterocycles. The van der Waals surface area contributed by atoms with Gasteiger partial charge in [-0.15, -0.1) is 0 Å². The van der Waals surface area contributed by atoms with Gasteiger partial charge in [-0.1, -0.05) is 24.3 Å². The Balaban J connectivity index is 2.29. The first kappa shape index (κ1) is 16.4. The van der Waals surface area contributed by atoms with Crippen LogP contribution in [0.4, 0.5) is 13.2 Å². The van der Waals surface area contributed by atoms with E-state index in [1.165, 1.54) is 6.07 Å². The topological polar surface area (TPSA) is 46.5 Å². The van der Waals surface area contributed by atoms with Crippen LogP contribution in [0.25, 0.3) is 0 Å². The van der Waals surface area contributed by atoms with E-state index in [0.717, 1.165) is 6.07 Å². The Hall–Kier alpha value is -2.50. The molecule has 0 saturated heterocycles. The van der Waals surface area contributed by atoms with E-state index in [9.17, 15) is 23.1 Å². The van der Waals surface area contributed by atoms with E-state index < -0.39 is 29.2 Å². The number of aromatic carboxylic acids is 1. The molecule has 126 valence electrons. The van der Waals surface area contributed by atoms with Crippen molar-refractivity contribution >= 4 is 5.97 Å². The molecule has 24 heavy (non-hydrogen) atoms. The standard InChI is InChI=1S/C18H15F3O3/c1-10-6-7-13(17(22)23)16(18(19,20)21)15(10)12-8-9-24-14-5-3-2-4-11(12)14/h2-7,12H,8-9H2,1H3,(H,22,23). The van der Waals surface area contributed by atoms with Crippen molar-refractivity contribution in [3.8, 4) is 5.75 Å². The molecule has 0 bridgehead atoms. The monoisotopic (exact) mass is 336 g/mol. The van der Waals surface area contributed by atoms with Gasteiger partial charge in [0.05, 0.1) is 17.7 Å². The van der Waals surface area contributed by atoms with Crippen LogP contribution >= 0.6 is 0 Å². The Kier molecular flexibility index (Phi) is 3.99. The van der Waals surface area contributed by atoms with Crippen molar-refractivity contribution in [1.29, 1.82) is 0 Å². The molecule has 1 atom stereocenters. The molecule has 2 aromatic carbocycles. The van der Waals surface area contributed by atoms with Crippen LogP contribution in [0.15, 0.2) is 36.4 Å². The predicted molar refractivity (Wildman–Crippen MR) is 81.5 cm³/mol. The second-order valence-electron chi connectivity index (χ2n) is 5.75.